The lowest BCUT2D eigenvalue weighted by molar-refractivity contribution is 0.152. The normalized spacial score (nSPS) is 17.3. The molecule has 3 nitrogen and oxygen atoms in total. The van der Waals surface area contributed by atoms with E-state index in [0.29, 0.717) is 5.92 Å². The summed E-state index contributed by atoms with van der Waals surface area (Å²) in [7, 11) is 1.75. The molecule has 0 amide bonds. The Morgan fingerprint density at radius 1 is 1.42 bits per heavy atom. The van der Waals surface area contributed by atoms with Crippen molar-refractivity contribution in [2.75, 3.05) is 45.2 Å². The zero-order valence-corrected chi connectivity index (χ0v) is 11.8. The second-order valence-electron chi connectivity index (χ2n) is 5.04. The zero-order chi connectivity index (χ0) is 13.5. The summed E-state index contributed by atoms with van der Waals surface area (Å²) in [6, 6.07) is 8.64. The van der Waals surface area contributed by atoms with E-state index in [0.717, 1.165) is 32.8 Å². The van der Waals surface area contributed by atoms with Crippen LogP contribution in [0.1, 0.15) is 17.9 Å². The largest absolute Gasteiger partial charge is 0.384 e. The first-order valence-corrected chi connectivity index (χ1v) is 7.00. The Labute approximate surface area is 116 Å². The summed E-state index contributed by atoms with van der Waals surface area (Å²) in [5.41, 5.74) is 2.77. The van der Waals surface area contributed by atoms with Gasteiger partial charge in [-0.3, -0.25) is 4.90 Å². The van der Waals surface area contributed by atoms with Crippen LogP contribution in [0.25, 0.3) is 0 Å². The molecule has 1 aliphatic rings. The maximum Gasteiger partial charge on any atom is 0.0589 e. The molecule has 0 bridgehead atoms. The summed E-state index contributed by atoms with van der Waals surface area (Å²) in [5, 5.41) is 3.49. The Kier molecular flexibility index (Phi) is 5.43. The van der Waals surface area contributed by atoms with Crippen molar-refractivity contribution in [2.45, 2.75) is 12.3 Å². The fraction of sp³-hybridized carbons (Fsp3) is 0.500. The number of fused-ring (bicyclic) bond motifs is 1. The van der Waals surface area contributed by atoms with Gasteiger partial charge in [0.15, 0.2) is 0 Å². The van der Waals surface area contributed by atoms with Gasteiger partial charge >= 0.3 is 0 Å². The van der Waals surface area contributed by atoms with E-state index in [9.17, 15) is 0 Å². The molecule has 1 heterocycles. The molecule has 1 unspecified atom stereocenters. The fourth-order valence-corrected chi connectivity index (χ4v) is 2.65. The lowest BCUT2D eigenvalue weighted by atomic mass is 9.98. The van der Waals surface area contributed by atoms with Crippen LogP contribution in [0, 0.1) is 0 Å². The summed E-state index contributed by atoms with van der Waals surface area (Å²) >= 11 is 0. The van der Waals surface area contributed by atoms with Gasteiger partial charge in [0.1, 0.15) is 0 Å². The molecular formula is C16H24N2O. The predicted molar refractivity (Wildman–Crippen MR) is 80.8 cm³/mol. The van der Waals surface area contributed by atoms with Gasteiger partial charge < -0.3 is 10.1 Å². The Hall–Kier alpha value is -1.32. The molecule has 0 aromatic heterocycles. The average Bonchev–Trinajstić information content (AvgIpc) is 2.85. The van der Waals surface area contributed by atoms with Gasteiger partial charge in [-0.2, -0.15) is 0 Å². The van der Waals surface area contributed by atoms with Gasteiger partial charge in [0.2, 0.25) is 0 Å². The number of rotatable bonds is 8. The molecule has 19 heavy (non-hydrogen) atoms. The van der Waals surface area contributed by atoms with Gasteiger partial charge in [0.05, 0.1) is 6.61 Å². The number of benzene rings is 1. The minimum Gasteiger partial charge on any atom is -0.384 e. The van der Waals surface area contributed by atoms with E-state index in [2.05, 4.69) is 41.1 Å². The summed E-state index contributed by atoms with van der Waals surface area (Å²) in [6.07, 6.45) is 3.15. The van der Waals surface area contributed by atoms with E-state index in [1.165, 1.54) is 17.7 Å². The minimum absolute atomic E-state index is 0.631. The fourth-order valence-electron chi connectivity index (χ4n) is 2.65. The number of anilines is 1. The number of para-hydroxylation sites is 1. The molecule has 0 saturated heterocycles. The van der Waals surface area contributed by atoms with E-state index >= 15 is 0 Å². The van der Waals surface area contributed by atoms with Crippen molar-refractivity contribution in [3.63, 3.8) is 0 Å². The monoisotopic (exact) mass is 260 g/mol. The van der Waals surface area contributed by atoms with E-state index in [1.54, 1.807) is 7.11 Å². The maximum atomic E-state index is 5.16. The molecule has 104 valence electrons. The molecule has 0 spiro atoms. The van der Waals surface area contributed by atoms with E-state index in [-0.39, 0.29) is 0 Å². The van der Waals surface area contributed by atoms with Crippen LogP contribution >= 0.6 is 0 Å². The second-order valence-corrected chi connectivity index (χ2v) is 5.04. The third-order valence-electron chi connectivity index (χ3n) is 3.73. The van der Waals surface area contributed by atoms with E-state index in [1.807, 2.05) is 6.08 Å². The molecular weight excluding hydrogens is 236 g/mol. The quantitative estimate of drug-likeness (QED) is 0.727. The number of ether oxygens (including phenoxy) is 1. The van der Waals surface area contributed by atoms with Crippen molar-refractivity contribution in [2.24, 2.45) is 0 Å². The highest BCUT2D eigenvalue weighted by Gasteiger charge is 2.21. The zero-order valence-electron chi connectivity index (χ0n) is 11.8. The maximum absolute atomic E-state index is 5.16. The van der Waals surface area contributed by atoms with Gasteiger partial charge in [-0.15, -0.1) is 6.58 Å². The molecule has 1 aromatic rings. The lowest BCUT2D eigenvalue weighted by Crippen LogP contribution is -2.29. The summed E-state index contributed by atoms with van der Waals surface area (Å²) in [5.74, 6) is 0.631. The number of nitrogens with one attached hydrogen (secondary N) is 1. The molecule has 0 aliphatic carbocycles. The van der Waals surface area contributed by atoms with Gasteiger partial charge in [-0.05, 0) is 24.6 Å². The summed E-state index contributed by atoms with van der Waals surface area (Å²) in [6.45, 7) is 8.68. The van der Waals surface area contributed by atoms with Crippen LogP contribution in [0.2, 0.25) is 0 Å². The van der Waals surface area contributed by atoms with Crippen molar-refractivity contribution >= 4 is 5.69 Å². The van der Waals surface area contributed by atoms with E-state index in [4.69, 9.17) is 4.74 Å². The SMILES string of the molecule is C=CCN(CCOC)CCC1CNc2ccccc21. The lowest BCUT2D eigenvalue weighted by Gasteiger charge is -2.22. The van der Waals surface area contributed by atoms with Crippen molar-refractivity contribution in [1.82, 2.24) is 4.90 Å². The van der Waals surface area contributed by atoms with Crippen LogP contribution in [0.5, 0.6) is 0 Å². The highest BCUT2D eigenvalue weighted by molar-refractivity contribution is 5.57. The molecule has 0 radical (unpaired) electrons. The first-order chi connectivity index (χ1) is 9.35. The van der Waals surface area contributed by atoms with Crippen LogP contribution in [-0.2, 0) is 4.74 Å². The smallest absolute Gasteiger partial charge is 0.0589 e. The molecule has 1 aromatic carbocycles. The van der Waals surface area contributed by atoms with Crippen LogP contribution in [0.3, 0.4) is 0 Å². The molecule has 1 aliphatic heterocycles. The number of methoxy groups -OCH3 is 1. The van der Waals surface area contributed by atoms with Crippen molar-refractivity contribution < 1.29 is 4.74 Å². The molecule has 0 saturated carbocycles. The van der Waals surface area contributed by atoms with E-state index < -0.39 is 0 Å². The number of nitrogens with zero attached hydrogens (tertiary/aromatic N) is 1. The average molecular weight is 260 g/mol. The Morgan fingerprint density at radius 2 is 2.26 bits per heavy atom. The van der Waals surface area contributed by atoms with Crippen LogP contribution in [0.4, 0.5) is 5.69 Å². The Bertz CT molecular complexity index is 405. The summed E-state index contributed by atoms with van der Waals surface area (Å²) in [4.78, 5) is 2.40. The van der Waals surface area contributed by atoms with Crippen molar-refractivity contribution in [3.05, 3.63) is 42.5 Å². The predicted octanol–water partition coefficient (Wildman–Crippen LogP) is 2.72. The van der Waals surface area contributed by atoms with Crippen LogP contribution in [0.15, 0.2) is 36.9 Å². The first-order valence-electron chi connectivity index (χ1n) is 7.00. The molecule has 0 fully saturated rings. The first kappa shape index (κ1) is 14.1. The van der Waals surface area contributed by atoms with Crippen molar-refractivity contribution in [3.8, 4) is 0 Å². The summed E-state index contributed by atoms with van der Waals surface area (Å²) < 4.78 is 5.16. The minimum atomic E-state index is 0.631. The third-order valence-corrected chi connectivity index (χ3v) is 3.73. The molecule has 1 N–H and O–H groups in total. The topological polar surface area (TPSA) is 24.5 Å². The van der Waals surface area contributed by atoms with Gasteiger partial charge in [-0.1, -0.05) is 24.3 Å². The molecule has 3 heteroatoms. The highest BCUT2D eigenvalue weighted by atomic mass is 16.5. The Balaban J connectivity index is 1.86. The van der Waals surface area contributed by atoms with Crippen LogP contribution < -0.4 is 5.32 Å². The molecule has 1 atom stereocenters. The van der Waals surface area contributed by atoms with Gasteiger partial charge in [0, 0.05) is 38.3 Å². The van der Waals surface area contributed by atoms with Crippen LogP contribution in [-0.4, -0.2) is 44.8 Å². The Morgan fingerprint density at radius 3 is 3.05 bits per heavy atom. The third kappa shape index (κ3) is 3.82. The second kappa shape index (κ2) is 7.31. The van der Waals surface area contributed by atoms with Crippen molar-refractivity contribution in [1.29, 1.82) is 0 Å². The van der Waals surface area contributed by atoms with Gasteiger partial charge in [-0.25, -0.2) is 0 Å². The highest BCUT2D eigenvalue weighted by Crippen LogP contribution is 2.33. The number of hydrogen-bond acceptors (Lipinski definition) is 3. The number of hydrogen-bond donors (Lipinski definition) is 1. The molecule has 2 rings (SSSR count). The van der Waals surface area contributed by atoms with Gasteiger partial charge in [0.25, 0.3) is 0 Å². The standard InChI is InChI=1S/C16H24N2O/c1-3-9-18(11-12-19-2)10-8-14-13-17-16-7-5-4-6-15(14)16/h3-7,14,17H,1,8-13H2,2H3.